The number of carboxylic acid groups (broad SMARTS) is 1. The number of amides is 1. The molecule has 0 radical (unpaired) electrons. The SMILES string of the molecule is Cc1cc(C(=O)N2CC(C(=O)O)O[C@H](C)C2)n(C)n1. The van der Waals surface area contributed by atoms with Crippen LogP contribution >= 0.6 is 0 Å². The largest absolute Gasteiger partial charge is 0.479 e. The number of morpholine rings is 1. The van der Waals surface area contributed by atoms with Gasteiger partial charge < -0.3 is 14.7 Å². The average Bonchev–Trinajstić information content (AvgIpc) is 2.66. The Morgan fingerprint density at radius 2 is 2.16 bits per heavy atom. The van der Waals surface area contributed by atoms with Crippen LogP contribution in [0.25, 0.3) is 0 Å². The van der Waals surface area contributed by atoms with Crippen LogP contribution in [0.2, 0.25) is 0 Å². The van der Waals surface area contributed by atoms with Crippen molar-refractivity contribution in [2.45, 2.75) is 26.1 Å². The highest BCUT2D eigenvalue weighted by Crippen LogP contribution is 2.15. The van der Waals surface area contributed by atoms with Gasteiger partial charge in [-0.3, -0.25) is 9.48 Å². The van der Waals surface area contributed by atoms with E-state index >= 15 is 0 Å². The summed E-state index contributed by atoms with van der Waals surface area (Å²) in [5.74, 6) is -1.27. The van der Waals surface area contributed by atoms with Crippen molar-refractivity contribution in [1.29, 1.82) is 0 Å². The molecule has 0 aliphatic carbocycles. The van der Waals surface area contributed by atoms with Gasteiger partial charge in [0.25, 0.3) is 5.91 Å². The lowest BCUT2D eigenvalue weighted by Crippen LogP contribution is -2.52. The fourth-order valence-electron chi connectivity index (χ4n) is 2.23. The van der Waals surface area contributed by atoms with E-state index < -0.39 is 12.1 Å². The van der Waals surface area contributed by atoms with Gasteiger partial charge >= 0.3 is 5.97 Å². The number of rotatable bonds is 2. The molecule has 2 heterocycles. The minimum absolute atomic E-state index is 0.0583. The summed E-state index contributed by atoms with van der Waals surface area (Å²) in [5, 5.41) is 13.1. The third kappa shape index (κ3) is 2.76. The molecule has 0 bridgehead atoms. The van der Waals surface area contributed by atoms with E-state index in [4.69, 9.17) is 9.84 Å². The zero-order valence-corrected chi connectivity index (χ0v) is 11.2. The van der Waals surface area contributed by atoms with Gasteiger partial charge in [0.15, 0.2) is 6.10 Å². The van der Waals surface area contributed by atoms with Gasteiger partial charge in [-0.25, -0.2) is 4.79 Å². The molecule has 0 saturated carbocycles. The molecule has 1 amide bonds. The quantitative estimate of drug-likeness (QED) is 0.818. The van der Waals surface area contributed by atoms with Crippen LogP contribution in [0.1, 0.15) is 23.1 Å². The number of aliphatic carboxylic acids is 1. The zero-order valence-electron chi connectivity index (χ0n) is 11.2. The minimum Gasteiger partial charge on any atom is -0.479 e. The van der Waals surface area contributed by atoms with Crippen molar-refractivity contribution in [3.05, 3.63) is 17.5 Å². The predicted octanol–water partition coefficient (Wildman–Crippen LogP) is 0.0426. The Morgan fingerprint density at radius 1 is 1.47 bits per heavy atom. The van der Waals surface area contributed by atoms with Crippen LogP contribution in [-0.2, 0) is 16.6 Å². The third-order valence-electron chi connectivity index (χ3n) is 3.04. The number of carbonyl (C=O) groups excluding carboxylic acids is 1. The molecule has 1 fully saturated rings. The summed E-state index contributed by atoms with van der Waals surface area (Å²) < 4.78 is 6.79. The molecule has 1 aliphatic rings. The standard InChI is InChI=1S/C12H17N3O4/c1-7-4-9(14(3)13-7)11(16)15-5-8(2)19-10(6-15)12(17)18/h4,8,10H,5-6H2,1-3H3,(H,17,18)/t8-,10?/m1/s1. The molecule has 1 aromatic heterocycles. The molecule has 1 N–H and O–H groups in total. The summed E-state index contributed by atoms with van der Waals surface area (Å²) in [6.45, 7) is 4.00. The lowest BCUT2D eigenvalue weighted by atomic mass is 10.2. The van der Waals surface area contributed by atoms with E-state index in [2.05, 4.69) is 5.10 Å². The summed E-state index contributed by atoms with van der Waals surface area (Å²) in [6.07, 6.45) is -1.27. The Bertz CT molecular complexity index is 511. The molecule has 1 aliphatic heterocycles. The van der Waals surface area contributed by atoms with Gasteiger partial charge in [-0.05, 0) is 19.9 Å². The molecule has 2 rings (SSSR count). The van der Waals surface area contributed by atoms with Gasteiger partial charge in [0.1, 0.15) is 5.69 Å². The maximum atomic E-state index is 12.4. The molecular formula is C12H17N3O4. The topological polar surface area (TPSA) is 84.7 Å². The van der Waals surface area contributed by atoms with E-state index in [0.29, 0.717) is 12.2 Å². The Morgan fingerprint density at radius 3 is 2.68 bits per heavy atom. The molecule has 7 nitrogen and oxygen atoms in total. The minimum atomic E-state index is -1.05. The second kappa shape index (κ2) is 5.00. The lowest BCUT2D eigenvalue weighted by molar-refractivity contribution is -0.160. The highest BCUT2D eigenvalue weighted by molar-refractivity contribution is 5.93. The number of carboxylic acids is 1. The number of hydrogen-bond acceptors (Lipinski definition) is 4. The van der Waals surface area contributed by atoms with Gasteiger partial charge in [-0.1, -0.05) is 0 Å². The first kappa shape index (κ1) is 13.5. The van der Waals surface area contributed by atoms with E-state index in [9.17, 15) is 9.59 Å². The van der Waals surface area contributed by atoms with E-state index in [0.717, 1.165) is 5.69 Å². The van der Waals surface area contributed by atoms with Crippen LogP contribution in [-0.4, -0.2) is 57.0 Å². The summed E-state index contributed by atoms with van der Waals surface area (Å²) in [7, 11) is 1.69. The molecule has 0 spiro atoms. The van der Waals surface area contributed by atoms with Gasteiger partial charge in [0, 0.05) is 13.6 Å². The van der Waals surface area contributed by atoms with Crippen molar-refractivity contribution in [3.8, 4) is 0 Å². The van der Waals surface area contributed by atoms with Crippen LogP contribution in [0, 0.1) is 6.92 Å². The first-order valence-corrected chi connectivity index (χ1v) is 6.06. The zero-order chi connectivity index (χ0) is 14.2. The summed E-state index contributed by atoms with van der Waals surface area (Å²) in [4.78, 5) is 24.9. The fraction of sp³-hybridized carbons (Fsp3) is 0.583. The lowest BCUT2D eigenvalue weighted by Gasteiger charge is -2.34. The van der Waals surface area contributed by atoms with Gasteiger partial charge in [-0.2, -0.15) is 5.10 Å². The highest BCUT2D eigenvalue weighted by atomic mass is 16.5. The normalized spacial score (nSPS) is 23.4. The summed E-state index contributed by atoms with van der Waals surface area (Å²) in [6, 6.07) is 1.69. The van der Waals surface area contributed by atoms with Gasteiger partial charge in [0.2, 0.25) is 0 Å². The number of nitrogens with zero attached hydrogens (tertiary/aromatic N) is 3. The maximum Gasteiger partial charge on any atom is 0.334 e. The Labute approximate surface area is 110 Å². The number of aryl methyl sites for hydroxylation is 2. The maximum absolute atomic E-state index is 12.4. The van der Waals surface area contributed by atoms with Gasteiger partial charge in [-0.15, -0.1) is 0 Å². The molecule has 2 atom stereocenters. The predicted molar refractivity (Wildman–Crippen MR) is 65.8 cm³/mol. The smallest absolute Gasteiger partial charge is 0.334 e. The molecule has 104 valence electrons. The Hall–Kier alpha value is -1.89. The van der Waals surface area contributed by atoms with Crippen molar-refractivity contribution in [3.63, 3.8) is 0 Å². The van der Waals surface area contributed by atoms with Crippen LogP contribution in [0.3, 0.4) is 0 Å². The summed E-state index contributed by atoms with van der Waals surface area (Å²) in [5.41, 5.74) is 1.21. The van der Waals surface area contributed by atoms with Crippen LogP contribution in [0.4, 0.5) is 0 Å². The molecular weight excluding hydrogens is 250 g/mol. The highest BCUT2D eigenvalue weighted by Gasteiger charge is 2.33. The van der Waals surface area contributed by atoms with Crippen LogP contribution in [0.15, 0.2) is 6.07 Å². The second-order valence-corrected chi connectivity index (χ2v) is 4.78. The summed E-state index contributed by atoms with van der Waals surface area (Å²) >= 11 is 0. The van der Waals surface area contributed by atoms with E-state index in [1.165, 1.54) is 9.58 Å². The van der Waals surface area contributed by atoms with Crippen LogP contribution < -0.4 is 0 Å². The number of aromatic nitrogens is 2. The van der Waals surface area contributed by atoms with Crippen molar-refractivity contribution in [2.75, 3.05) is 13.1 Å². The first-order chi connectivity index (χ1) is 8.88. The fourth-order valence-corrected chi connectivity index (χ4v) is 2.23. The van der Waals surface area contributed by atoms with Crippen molar-refractivity contribution >= 4 is 11.9 Å². The molecule has 1 aromatic rings. The van der Waals surface area contributed by atoms with Crippen molar-refractivity contribution in [2.24, 2.45) is 7.05 Å². The molecule has 0 aromatic carbocycles. The number of ether oxygens (including phenoxy) is 1. The molecule has 7 heteroatoms. The molecule has 19 heavy (non-hydrogen) atoms. The van der Waals surface area contributed by atoms with Crippen molar-refractivity contribution in [1.82, 2.24) is 14.7 Å². The Kier molecular flexibility index (Phi) is 3.57. The van der Waals surface area contributed by atoms with E-state index in [-0.39, 0.29) is 18.6 Å². The molecule has 1 saturated heterocycles. The van der Waals surface area contributed by atoms with E-state index in [1.54, 1.807) is 27.0 Å². The third-order valence-corrected chi connectivity index (χ3v) is 3.04. The number of hydrogen-bond donors (Lipinski definition) is 1. The van der Waals surface area contributed by atoms with Crippen molar-refractivity contribution < 1.29 is 19.4 Å². The average molecular weight is 267 g/mol. The van der Waals surface area contributed by atoms with Gasteiger partial charge in [0.05, 0.1) is 18.3 Å². The number of carbonyl (C=O) groups is 2. The molecule has 1 unspecified atom stereocenters. The van der Waals surface area contributed by atoms with Crippen LogP contribution in [0.5, 0.6) is 0 Å². The monoisotopic (exact) mass is 267 g/mol. The first-order valence-electron chi connectivity index (χ1n) is 6.06. The Balaban J connectivity index is 2.18. The second-order valence-electron chi connectivity index (χ2n) is 4.78. The van der Waals surface area contributed by atoms with E-state index in [1.807, 2.05) is 0 Å².